The molecule has 0 saturated carbocycles. The molecule has 1 N–H and O–H groups in total. The monoisotopic (exact) mass is 318 g/mol. The van der Waals surface area contributed by atoms with Gasteiger partial charge in [0.1, 0.15) is 5.82 Å². The number of alkyl halides is 3. The standard InChI is InChI=1S/C14H7ClF4O2/c15-10-4-7(3-8(5-10)13(20)21)11-2-1-9(6-12(11)16)14(17,18)19/h1-6H,(H,20,21). The Labute approximate surface area is 121 Å². The van der Waals surface area contributed by atoms with Crippen LogP contribution >= 0.6 is 11.6 Å². The molecule has 2 aromatic rings. The molecule has 0 aliphatic heterocycles. The third kappa shape index (κ3) is 3.33. The van der Waals surface area contributed by atoms with Crippen LogP contribution in [0.4, 0.5) is 17.6 Å². The molecule has 0 amide bonds. The zero-order valence-corrected chi connectivity index (χ0v) is 11.0. The number of carbonyl (C=O) groups is 1. The Kier molecular flexibility index (Phi) is 3.91. The molecule has 0 unspecified atom stereocenters. The fourth-order valence-corrected chi connectivity index (χ4v) is 2.03. The minimum atomic E-state index is -4.65. The molecule has 110 valence electrons. The summed E-state index contributed by atoms with van der Waals surface area (Å²) in [6.45, 7) is 0. The van der Waals surface area contributed by atoms with Crippen LogP contribution in [0.1, 0.15) is 15.9 Å². The van der Waals surface area contributed by atoms with Gasteiger partial charge in [-0.3, -0.25) is 0 Å². The highest BCUT2D eigenvalue weighted by atomic mass is 35.5. The van der Waals surface area contributed by atoms with Crippen LogP contribution in [0, 0.1) is 5.82 Å². The van der Waals surface area contributed by atoms with Gasteiger partial charge in [0.05, 0.1) is 11.1 Å². The summed E-state index contributed by atoms with van der Waals surface area (Å²) >= 11 is 5.73. The van der Waals surface area contributed by atoms with Gasteiger partial charge in [-0.2, -0.15) is 13.2 Å². The Hall–Kier alpha value is -2.08. The highest BCUT2D eigenvalue weighted by molar-refractivity contribution is 6.31. The van der Waals surface area contributed by atoms with Crippen molar-refractivity contribution in [3.05, 3.63) is 58.4 Å². The van der Waals surface area contributed by atoms with E-state index in [2.05, 4.69) is 0 Å². The molecule has 2 rings (SSSR count). The van der Waals surface area contributed by atoms with Gasteiger partial charge in [0.15, 0.2) is 0 Å². The molecule has 2 nitrogen and oxygen atoms in total. The third-order valence-electron chi connectivity index (χ3n) is 2.75. The molecular formula is C14H7ClF4O2. The van der Waals surface area contributed by atoms with Crippen molar-refractivity contribution in [2.45, 2.75) is 6.18 Å². The first-order chi connectivity index (χ1) is 9.68. The predicted octanol–water partition coefficient (Wildman–Crippen LogP) is 4.86. The lowest BCUT2D eigenvalue weighted by molar-refractivity contribution is -0.137. The van der Waals surface area contributed by atoms with E-state index in [0.717, 1.165) is 24.3 Å². The van der Waals surface area contributed by atoms with E-state index in [9.17, 15) is 22.4 Å². The van der Waals surface area contributed by atoms with E-state index in [-0.39, 0.29) is 21.7 Å². The topological polar surface area (TPSA) is 37.3 Å². The van der Waals surface area contributed by atoms with Crippen molar-refractivity contribution in [2.24, 2.45) is 0 Å². The average Bonchev–Trinajstić information content (AvgIpc) is 2.36. The molecule has 0 fully saturated rings. The number of carboxylic acid groups (broad SMARTS) is 1. The SMILES string of the molecule is O=C(O)c1cc(Cl)cc(-c2ccc(C(F)(F)F)cc2F)c1. The predicted molar refractivity (Wildman–Crippen MR) is 68.8 cm³/mol. The minimum Gasteiger partial charge on any atom is -0.478 e. The second-order valence-corrected chi connectivity index (χ2v) is 4.66. The van der Waals surface area contributed by atoms with Gasteiger partial charge in [0.25, 0.3) is 0 Å². The summed E-state index contributed by atoms with van der Waals surface area (Å²) in [5, 5.41) is 8.95. The molecule has 0 aliphatic rings. The fourth-order valence-electron chi connectivity index (χ4n) is 1.79. The second kappa shape index (κ2) is 5.37. The number of aromatic carboxylic acids is 1. The zero-order valence-electron chi connectivity index (χ0n) is 10.2. The van der Waals surface area contributed by atoms with Crippen LogP contribution in [0.5, 0.6) is 0 Å². The lowest BCUT2D eigenvalue weighted by Crippen LogP contribution is -2.05. The van der Waals surface area contributed by atoms with E-state index in [1.807, 2.05) is 0 Å². The highest BCUT2D eigenvalue weighted by Crippen LogP contribution is 2.33. The van der Waals surface area contributed by atoms with E-state index in [1.54, 1.807) is 0 Å². The highest BCUT2D eigenvalue weighted by Gasteiger charge is 2.31. The normalized spacial score (nSPS) is 11.5. The van der Waals surface area contributed by atoms with Crippen molar-refractivity contribution in [1.29, 1.82) is 0 Å². The zero-order chi connectivity index (χ0) is 15.8. The summed E-state index contributed by atoms with van der Waals surface area (Å²) in [6, 6.07) is 5.60. The van der Waals surface area contributed by atoms with Gasteiger partial charge >= 0.3 is 12.1 Å². The van der Waals surface area contributed by atoms with Gasteiger partial charge in [-0.05, 0) is 35.9 Å². The molecular weight excluding hydrogens is 312 g/mol. The van der Waals surface area contributed by atoms with E-state index < -0.39 is 23.5 Å². The largest absolute Gasteiger partial charge is 0.478 e. The molecule has 0 bridgehead atoms. The summed E-state index contributed by atoms with van der Waals surface area (Å²) < 4.78 is 51.3. The van der Waals surface area contributed by atoms with Crippen molar-refractivity contribution in [3.63, 3.8) is 0 Å². The molecule has 7 heteroatoms. The third-order valence-corrected chi connectivity index (χ3v) is 2.97. The van der Waals surface area contributed by atoms with Crippen LogP contribution in [0.2, 0.25) is 5.02 Å². The number of benzene rings is 2. The van der Waals surface area contributed by atoms with Gasteiger partial charge in [0, 0.05) is 10.6 Å². The van der Waals surface area contributed by atoms with Gasteiger partial charge in [-0.1, -0.05) is 17.7 Å². The molecule has 0 heterocycles. The maximum atomic E-state index is 13.8. The van der Waals surface area contributed by atoms with Crippen molar-refractivity contribution in [1.82, 2.24) is 0 Å². The van der Waals surface area contributed by atoms with Crippen LogP contribution < -0.4 is 0 Å². The summed E-state index contributed by atoms with van der Waals surface area (Å²) in [7, 11) is 0. The van der Waals surface area contributed by atoms with Crippen LogP contribution in [-0.4, -0.2) is 11.1 Å². The quantitative estimate of drug-likeness (QED) is 0.803. The first-order valence-electron chi connectivity index (χ1n) is 5.59. The van der Waals surface area contributed by atoms with Gasteiger partial charge in [-0.15, -0.1) is 0 Å². The van der Waals surface area contributed by atoms with Gasteiger partial charge < -0.3 is 5.11 Å². The van der Waals surface area contributed by atoms with E-state index in [0.29, 0.717) is 6.07 Å². The Morgan fingerprint density at radius 2 is 1.76 bits per heavy atom. The number of halogens is 5. The van der Waals surface area contributed by atoms with Crippen molar-refractivity contribution < 1.29 is 27.5 Å². The summed E-state index contributed by atoms with van der Waals surface area (Å²) in [4.78, 5) is 10.9. The Morgan fingerprint density at radius 3 is 2.29 bits per heavy atom. The van der Waals surface area contributed by atoms with E-state index in [4.69, 9.17) is 16.7 Å². The van der Waals surface area contributed by atoms with E-state index >= 15 is 0 Å². The average molecular weight is 319 g/mol. The summed E-state index contributed by atoms with van der Waals surface area (Å²) in [6.07, 6.45) is -4.65. The lowest BCUT2D eigenvalue weighted by Gasteiger charge is -2.10. The Bertz CT molecular complexity index is 711. The molecule has 0 radical (unpaired) electrons. The molecule has 21 heavy (non-hydrogen) atoms. The van der Waals surface area contributed by atoms with Crippen molar-refractivity contribution in [2.75, 3.05) is 0 Å². The second-order valence-electron chi connectivity index (χ2n) is 4.23. The minimum absolute atomic E-state index is 0.0456. The molecule has 0 saturated heterocycles. The first kappa shape index (κ1) is 15.3. The van der Waals surface area contributed by atoms with Crippen molar-refractivity contribution in [3.8, 4) is 11.1 Å². The molecule has 0 aromatic heterocycles. The van der Waals surface area contributed by atoms with Gasteiger partial charge in [-0.25, -0.2) is 9.18 Å². The fraction of sp³-hybridized carbons (Fsp3) is 0.0714. The smallest absolute Gasteiger partial charge is 0.416 e. The molecule has 0 aliphatic carbocycles. The van der Waals surface area contributed by atoms with Crippen LogP contribution in [0.15, 0.2) is 36.4 Å². The first-order valence-corrected chi connectivity index (χ1v) is 5.97. The Morgan fingerprint density at radius 1 is 1.10 bits per heavy atom. The van der Waals surface area contributed by atoms with Crippen LogP contribution in [0.25, 0.3) is 11.1 Å². The number of carboxylic acids is 1. The van der Waals surface area contributed by atoms with Crippen molar-refractivity contribution >= 4 is 17.6 Å². The number of rotatable bonds is 2. The molecule has 0 atom stereocenters. The maximum absolute atomic E-state index is 13.8. The lowest BCUT2D eigenvalue weighted by atomic mass is 10.0. The maximum Gasteiger partial charge on any atom is 0.416 e. The van der Waals surface area contributed by atoms with E-state index in [1.165, 1.54) is 6.07 Å². The summed E-state index contributed by atoms with van der Waals surface area (Å²) in [5.41, 5.74) is -1.37. The summed E-state index contributed by atoms with van der Waals surface area (Å²) in [5.74, 6) is -2.38. The van der Waals surface area contributed by atoms with Crippen LogP contribution in [-0.2, 0) is 6.18 Å². The molecule has 2 aromatic carbocycles. The van der Waals surface area contributed by atoms with Gasteiger partial charge in [0.2, 0.25) is 0 Å². The van der Waals surface area contributed by atoms with Crippen LogP contribution in [0.3, 0.4) is 0 Å². The number of hydrogen-bond acceptors (Lipinski definition) is 1. The number of hydrogen-bond donors (Lipinski definition) is 1. The Balaban J connectivity index is 2.55. The molecule has 0 spiro atoms.